The molecule has 6 heterocycles. The van der Waals surface area contributed by atoms with Gasteiger partial charge in [0.2, 0.25) is 35.4 Å². The molecule has 8 rings (SSSR count). The van der Waals surface area contributed by atoms with Gasteiger partial charge in [-0.15, -0.1) is 0 Å². The van der Waals surface area contributed by atoms with Gasteiger partial charge in [-0.2, -0.15) is 0 Å². The smallest absolute Gasteiger partial charge is 0.407 e. The van der Waals surface area contributed by atoms with E-state index in [-0.39, 0.29) is 49.4 Å². The fraction of sp³-hybridized carbons (Fsp3) is 0.571. The van der Waals surface area contributed by atoms with Crippen molar-refractivity contribution in [3.63, 3.8) is 0 Å². The Balaban J connectivity index is 0.887. The maximum atomic E-state index is 15.6. The van der Waals surface area contributed by atoms with Gasteiger partial charge in [0.15, 0.2) is 5.60 Å². The van der Waals surface area contributed by atoms with E-state index >= 15 is 4.39 Å². The number of hydrogen-bond donors (Lipinski definition) is 11. The number of benzene rings is 1. The maximum absolute atomic E-state index is 15.6. The van der Waals surface area contributed by atoms with E-state index in [1.807, 2.05) is 0 Å². The maximum Gasteiger partial charge on any atom is 0.407 e. The van der Waals surface area contributed by atoms with E-state index in [0.29, 0.717) is 51.9 Å². The van der Waals surface area contributed by atoms with Crippen molar-refractivity contribution in [2.45, 2.75) is 187 Å². The Hall–Kier alpha value is -8.98. The first-order valence-electron chi connectivity index (χ1n) is 31.2. The molecule has 2 aromatic heterocycles. The largest absolute Gasteiger partial charge is 0.458 e. The van der Waals surface area contributed by atoms with Crippen molar-refractivity contribution in [1.82, 2.24) is 51.7 Å². The van der Waals surface area contributed by atoms with E-state index < -0.39 is 193 Å². The number of nitrogens with zero attached hydrogens (tertiary/aromatic N) is 3. The molecule has 5 aliphatic rings. The molecular weight excluding hydrogens is 1250 g/mol. The third-order valence-electron chi connectivity index (χ3n) is 17.2. The van der Waals surface area contributed by atoms with Gasteiger partial charge in [-0.1, -0.05) is 20.8 Å². The van der Waals surface area contributed by atoms with Gasteiger partial charge in [0.05, 0.1) is 65.6 Å². The number of carbonyl (C=O) groups excluding carboxylic acids is 11. The number of nitrogens with two attached hydrogens (primary N) is 1. The van der Waals surface area contributed by atoms with Gasteiger partial charge in [0.1, 0.15) is 67.8 Å². The average Bonchev–Trinajstić information content (AvgIpc) is 1.62. The van der Waals surface area contributed by atoms with Crippen LogP contribution in [0.4, 0.5) is 14.0 Å². The van der Waals surface area contributed by atoms with Crippen molar-refractivity contribution >= 4 is 76.3 Å². The lowest BCUT2D eigenvalue weighted by Crippen LogP contribution is -2.58. The molecule has 31 nitrogen and oxygen atoms in total. The summed E-state index contributed by atoms with van der Waals surface area (Å²) in [5.74, 6) is -8.28. The van der Waals surface area contributed by atoms with Crippen molar-refractivity contribution in [2.24, 2.45) is 17.1 Å². The monoisotopic (exact) mass is 1330 g/mol. The van der Waals surface area contributed by atoms with Crippen molar-refractivity contribution in [2.75, 3.05) is 33.0 Å². The molecule has 1 aromatic carbocycles. The molecule has 0 saturated carbocycles. The number of cyclic esters (lactones) is 1. The minimum Gasteiger partial charge on any atom is -0.458 e. The Morgan fingerprint density at radius 3 is 2.21 bits per heavy atom. The number of aliphatic hydroxyl groups is 3. The highest BCUT2D eigenvalue weighted by atomic mass is 19.1. The fourth-order valence-corrected chi connectivity index (χ4v) is 11.9. The second-order valence-corrected chi connectivity index (χ2v) is 26.2. The molecule has 0 unspecified atom stereocenters. The third-order valence-corrected chi connectivity index (χ3v) is 17.2. The SMILES string of the molecule is CC[C@@]1(O)C(=O)OCc2c1cc1n(c2=O)Cc2c-1nc1cc(F)c(C)c3c1c2[C@@H](NC(=O)C(C)(C)COCNC(=O)[C@H](C)NC(=O)[C@@H](NC(=O)[C@H](CCC(=O)NC[C@H]1O[C@@H](CC(N)=O)[C@H](O)[C@@H]1O)NC(=O)OC[C@H](CNC(=O)OC(C)(C)C)N1C(=O)C=CC1=O)C(C)C)CC3. The van der Waals surface area contributed by atoms with E-state index in [1.165, 1.54) is 17.6 Å². The number of fused-ring (bicyclic) bond motifs is 5. The summed E-state index contributed by atoms with van der Waals surface area (Å²) in [5.41, 5.74) is 3.96. The molecule has 0 spiro atoms. The molecule has 4 aliphatic heterocycles. The molecule has 0 radical (unpaired) electrons. The third kappa shape index (κ3) is 15.9. The molecule has 0 bridgehead atoms. The van der Waals surface area contributed by atoms with Gasteiger partial charge in [0, 0.05) is 54.2 Å². The number of ether oxygens (including phenoxy) is 5. The number of amides is 10. The zero-order chi connectivity index (χ0) is 69.9. The van der Waals surface area contributed by atoms with E-state index in [0.717, 1.165) is 17.1 Å². The van der Waals surface area contributed by atoms with Gasteiger partial charge in [-0.05, 0) is 103 Å². The molecule has 1 saturated heterocycles. The van der Waals surface area contributed by atoms with E-state index in [4.69, 9.17) is 34.4 Å². The van der Waals surface area contributed by atoms with Gasteiger partial charge < -0.3 is 86.5 Å². The zero-order valence-corrected chi connectivity index (χ0v) is 54.4. The van der Waals surface area contributed by atoms with Crippen molar-refractivity contribution < 1.29 is 96.1 Å². The predicted molar refractivity (Wildman–Crippen MR) is 330 cm³/mol. The summed E-state index contributed by atoms with van der Waals surface area (Å²) in [5, 5.41) is 50.9. The van der Waals surface area contributed by atoms with Crippen LogP contribution in [0, 0.1) is 24.1 Å². The second-order valence-electron chi connectivity index (χ2n) is 26.2. The van der Waals surface area contributed by atoms with Crippen LogP contribution in [-0.2, 0) is 92.0 Å². The number of alkyl carbamates (subject to hydrolysis) is 2. The average molecular weight is 1330 g/mol. The molecule has 1 aliphatic carbocycles. The number of imide groups is 1. The zero-order valence-electron chi connectivity index (χ0n) is 54.4. The predicted octanol–water partition coefficient (Wildman–Crippen LogP) is -0.433. The van der Waals surface area contributed by atoms with Gasteiger partial charge in [-0.25, -0.2) is 23.8 Å². The second kappa shape index (κ2) is 28.9. The van der Waals surface area contributed by atoms with Crippen molar-refractivity contribution in [1.29, 1.82) is 0 Å². The highest BCUT2D eigenvalue weighted by Crippen LogP contribution is 2.46. The Bertz CT molecular complexity index is 3680. The first-order valence-corrected chi connectivity index (χ1v) is 31.2. The summed E-state index contributed by atoms with van der Waals surface area (Å²) in [6.07, 6.45) is -6.39. The normalized spacial score (nSPS) is 21.5. The van der Waals surface area contributed by atoms with Gasteiger partial charge in [0.25, 0.3) is 17.4 Å². The lowest BCUT2D eigenvalue weighted by Gasteiger charge is -2.32. The lowest BCUT2D eigenvalue weighted by atomic mass is 9.81. The first-order chi connectivity index (χ1) is 44.5. The minimum atomic E-state index is -2.09. The molecule has 12 N–H and O–H groups in total. The first kappa shape index (κ1) is 71.9. The van der Waals surface area contributed by atoms with Crippen LogP contribution in [0.25, 0.3) is 22.3 Å². The van der Waals surface area contributed by atoms with E-state index in [9.17, 15) is 72.9 Å². The summed E-state index contributed by atoms with van der Waals surface area (Å²) in [7, 11) is 0. The van der Waals surface area contributed by atoms with Crippen LogP contribution in [0.15, 0.2) is 29.1 Å². The Kier molecular flexibility index (Phi) is 21.9. The van der Waals surface area contributed by atoms with Crippen LogP contribution < -0.4 is 48.5 Å². The Morgan fingerprint density at radius 1 is 0.874 bits per heavy atom. The summed E-state index contributed by atoms with van der Waals surface area (Å²) < 4.78 is 44.2. The molecule has 1 fully saturated rings. The molecule has 516 valence electrons. The van der Waals surface area contributed by atoms with Crippen LogP contribution in [0.5, 0.6) is 0 Å². The van der Waals surface area contributed by atoms with Crippen LogP contribution in [0.3, 0.4) is 0 Å². The van der Waals surface area contributed by atoms with Crippen LogP contribution >= 0.6 is 0 Å². The molecule has 3 aromatic rings. The summed E-state index contributed by atoms with van der Waals surface area (Å²) >= 11 is 0. The number of aryl methyl sites for hydroxylation is 1. The standard InChI is InChI=1S/C63H82FN11O20/c1-11-63(90)35-18-40-50-33(23-74(40)56(85)34(35)25-92-58(63)87)48-37(13-12-32-29(4)36(64)19-39(70-50)47(32)48)71-57(86)62(9,10)26-91-27-68-53(82)30(5)69-55(84)49(28(2)3)73-54(83)38(14-15-44(77)66-22-42-52(81)51(80)41(94-42)20-43(65)76)72-60(89)93-24-31(75-45(78)16-17-46(75)79)21-67-59(88)95-61(6,7)8/h16-19,28,30-31,37-38,41-42,49,51-52,80-81,90H,11-15,20-27H2,1-10H3,(H2,65,76)(H,66,77)(H,67,88)(H,68,82)(H,69,84)(H,71,86)(H,72,89)(H,73,83)/t30-,31-,37-,38-,41-,42+,49-,51-,52+,63-/m0/s1. The number of hydrogen-bond acceptors (Lipinski definition) is 21. The lowest BCUT2D eigenvalue weighted by molar-refractivity contribution is -0.172. The quantitative estimate of drug-likeness (QED) is 0.0125. The number of pyridine rings is 2. The summed E-state index contributed by atoms with van der Waals surface area (Å²) in [6, 6.07) is -3.43. The van der Waals surface area contributed by atoms with Crippen LogP contribution in [-0.4, -0.2) is 182 Å². The number of aromatic nitrogens is 2. The number of aliphatic hydroxyl groups excluding tert-OH is 2. The summed E-state index contributed by atoms with van der Waals surface area (Å²) in [4.78, 5) is 165. The topological polar surface area (TPSA) is 443 Å². The van der Waals surface area contributed by atoms with Gasteiger partial charge in [-0.3, -0.25) is 48.1 Å². The Labute approximate surface area is 544 Å². The molecule has 10 amide bonds. The number of nitrogens with one attached hydrogen (secondary N) is 7. The molecule has 10 atom stereocenters. The molecule has 95 heavy (non-hydrogen) atoms. The van der Waals surface area contributed by atoms with Crippen molar-refractivity contribution in [3.8, 4) is 11.4 Å². The fourth-order valence-electron chi connectivity index (χ4n) is 11.9. The van der Waals surface area contributed by atoms with E-state index in [1.54, 1.807) is 68.4 Å². The van der Waals surface area contributed by atoms with Gasteiger partial charge >= 0.3 is 18.2 Å². The Morgan fingerprint density at radius 2 is 1.56 bits per heavy atom. The number of rotatable bonds is 26. The number of halogens is 1. The highest BCUT2D eigenvalue weighted by Gasteiger charge is 2.47. The number of primary amides is 1. The number of carbonyl (C=O) groups is 11. The van der Waals surface area contributed by atoms with Crippen LogP contribution in [0.1, 0.15) is 134 Å². The molecular formula is C63H82FN11O20. The minimum absolute atomic E-state index is 0.0212. The molecule has 32 heteroatoms. The number of esters is 1. The van der Waals surface area contributed by atoms with Crippen LogP contribution in [0.2, 0.25) is 0 Å². The van der Waals surface area contributed by atoms with Crippen molar-refractivity contribution in [3.05, 3.63) is 73.8 Å². The highest BCUT2D eigenvalue weighted by molar-refractivity contribution is 6.13. The summed E-state index contributed by atoms with van der Waals surface area (Å²) in [6.45, 7) is 13.2. The van der Waals surface area contributed by atoms with E-state index in [2.05, 4.69) is 37.2 Å².